The number of amidine groups is 1. The predicted octanol–water partition coefficient (Wildman–Crippen LogP) is -0.839. The van der Waals surface area contributed by atoms with Gasteiger partial charge in [0.2, 0.25) is 17.7 Å². The highest BCUT2D eigenvalue weighted by atomic mass is 16.5. The lowest BCUT2D eigenvalue weighted by Crippen LogP contribution is -2.61. The van der Waals surface area contributed by atoms with E-state index < -0.39 is 36.6 Å². The van der Waals surface area contributed by atoms with Gasteiger partial charge < -0.3 is 36.3 Å². The standard InChI is InChI=1S/C22H35BN5O6/c1-15(29)26-17(14-16-8-3-2-4-9-16)22(31)28-13-7-10-18(28)21(30)27-19(23(32,33)34)11-5-6-12-20(24)25/h2-4,8-9,17-19,32-34H,5-7,10-14H2,1H3,(H3,24,25)(H,26,29)(H,27,30)/q-1/t17-,18+,19+/m1/s1. The third kappa shape index (κ3) is 8.43. The lowest BCUT2D eigenvalue weighted by atomic mass is 9.67. The maximum atomic E-state index is 13.3. The monoisotopic (exact) mass is 476 g/mol. The Balaban J connectivity index is 2.09. The van der Waals surface area contributed by atoms with Crippen LogP contribution in [0, 0.1) is 5.41 Å². The lowest BCUT2D eigenvalue weighted by Gasteiger charge is -2.35. The summed E-state index contributed by atoms with van der Waals surface area (Å²) in [6, 6.07) is 7.49. The first-order valence-electron chi connectivity index (χ1n) is 11.6. The van der Waals surface area contributed by atoms with Crippen LogP contribution in [0.4, 0.5) is 0 Å². The second kappa shape index (κ2) is 12.5. The molecule has 11 nitrogen and oxygen atoms in total. The van der Waals surface area contributed by atoms with Gasteiger partial charge in [-0.15, -0.1) is 0 Å². The van der Waals surface area contributed by atoms with E-state index in [9.17, 15) is 29.5 Å². The molecule has 0 aromatic heterocycles. The molecule has 0 spiro atoms. The van der Waals surface area contributed by atoms with E-state index in [0.29, 0.717) is 38.6 Å². The Morgan fingerprint density at radius 2 is 1.85 bits per heavy atom. The van der Waals surface area contributed by atoms with Crippen LogP contribution in [0.3, 0.4) is 0 Å². The number of amides is 3. The number of carbonyl (C=O) groups excluding carboxylic acids is 3. The van der Waals surface area contributed by atoms with Crippen LogP contribution in [0.5, 0.6) is 0 Å². The molecule has 0 aliphatic carbocycles. The summed E-state index contributed by atoms with van der Waals surface area (Å²) >= 11 is 0. The third-order valence-electron chi connectivity index (χ3n) is 5.88. The lowest BCUT2D eigenvalue weighted by molar-refractivity contribution is -0.141. The molecule has 0 bridgehead atoms. The quantitative estimate of drug-likeness (QED) is 0.0886. The Labute approximate surface area is 199 Å². The van der Waals surface area contributed by atoms with Crippen molar-refractivity contribution >= 4 is 30.3 Å². The molecule has 1 heterocycles. The molecular weight excluding hydrogens is 441 g/mol. The largest absolute Gasteiger partial charge is 0.558 e. The number of carbonyl (C=O) groups is 3. The molecule has 1 fully saturated rings. The van der Waals surface area contributed by atoms with Crippen LogP contribution in [-0.4, -0.2) is 74.9 Å². The van der Waals surface area contributed by atoms with E-state index >= 15 is 0 Å². The Bertz CT molecular complexity index is 863. The van der Waals surface area contributed by atoms with Gasteiger partial charge in [0.1, 0.15) is 12.1 Å². The summed E-state index contributed by atoms with van der Waals surface area (Å²) in [6.45, 7) is -2.21. The van der Waals surface area contributed by atoms with Crippen LogP contribution in [0.15, 0.2) is 30.3 Å². The molecule has 8 N–H and O–H groups in total. The molecular formula is C22H35BN5O6-. The van der Waals surface area contributed by atoms with Gasteiger partial charge in [-0.3, -0.25) is 19.8 Å². The van der Waals surface area contributed by atoms with Crippen molar-refractivity contribution in [3.63, 3.8) is 0 Å². The summed E-state index contributed by atoms with van der Waals surface area (Å²) in [5.74, 6) is -2.70. The van der Waals surface area contributed by atoms with E-state index in [1.54, 1.807) is 0 Å². The molecule has 0 saturated carbocycles. The molecule has 2 rings (SSSR count). The van der Waals surface area contributed by atoms with Crippen LogP contribution in [-0.2, 0) is 20.8 Å². The summed E-state index contributed by atoms with van der Waals surface area (Å²) in [4.78, 5) is 39.4. The maximum Gasteiger partial charge on any atom is 0.393 e. The summed E-state index contributed by atoms with van der Waals surface area (Å²) in [7, 11) is 0. The van der Waals surface area contributed by atoms with Crippen LogP contribution < -0.4 is 16.4 Å². The molecule has 12 heteroatoms. The summed E-state index contributed by atoms with van der Waals surface area (Å²) < 4.78 is 0. The van der Waals surface area contributed by atoms with Crippen LogP contribution in [0.1, 0.15) is 51.0 Å². The first kappa shape index (κ1) is 27.3. The van der Waals surface area contributed by atoms with Gasteiger partial charge in [0.25, 0.3) is 0 Å². The topological polar surface area (TPSA) is 189 Å². The molecule has 1 aromatic carbocycles. The van der Waals surface area contributed by atoms with Crippen LogP contribution in [0.2, 0.25) is 0 Å². The number of rotatable bonds is 12. The first-order valence-corrected chi connectivity index (χ1v) is 11.6. The van der Waals surface area contributed by atoms with Gasteiger partial charge >= 0.3 is 6.75 Å². The van der Waals surface area contributed by atoms with Crippen molar-refractivity contribution in [2.75, 3.05) is 6.54 Å². The fourth-order valence-corrected chi connectivity index (χ4v) is 4.16. The maximum absolute atomic E-state index is 13.3. The van der Waals surface area contributed by atoms with E-state index in [1.165, 1.54) is 11.8 Å². The molecule has 1 saturated heterocycles. The minimum absolute atomic E-state index is 0.00121. The zero-order valence-corrected chi connectivity index (χ0v) is 19.4. The average Bonchev–Trinajstić information content (AvgIpc) is 3.24. The Kier molecular flexibility index (Phi) is 10.0. The van der Waals surface area contributed by atoms with Gasteiger partial charge in [0, 0.05) is 26.3 Å². The number of hydrogen-bond donors (Lipinski definition) is 7. The molecule has 188 valence electrons. The normalized spacial score (nSPS) is 17.6. The van der Waals surface area contributed by atoms with Crippen LogP contribution in [0.25, 0.3) is 0 Å². The minimum Gasteiger partial charge on any atom is -0.558 e. The van der Waals surface area contributed by atoms with Crippen LogP contribution >= 0.6 is 0 Å². The second-order valence-electron chi connectivity index (χ2n) is 8.81. The van der Waals surface area contributed by atoms with E-state index in [2.05, 4.69) is 10.6 Å². The summed E-state index contributed by atoms with van der Waals surface area (Å²) in [6.07, 6.45) is 2.46. The number of nitrogens with zero attached hydrogens (tertiary/aromatic N) is 1. The zero-order valence-electron chi connectivity index (χ0n) is 19.4. The molecule has 34 heavy (non-hydrogen) atoms. The van der Waals surface area contributed by atoms with Crippen molar-refractivity contribution in [2.24, 2.45) is 5.73 Å². The van der Waals surface area contributed by atoms with Gasteiger partial charge in [-0.1, -0.05) is 43.2 Å². The fourth-order valence-electron chi connectivity index (χ4n) is 4.16. The average molecular weight is 476 g/mol. The van der Waals surface area contributed by atoms with Gasteiger partial charge in [0.15, 0.2) is 0 Å². The predicted molar refractivity (Wildman–Crippen MR) is 127 cm³/mol. The van der Waals surface area contributed by atoms with Crippen molar-refractivity contribution in [2.45, 2.75) is 69.9 Å². The molecule has 3 amide bonds. The number of nitrogens with two attached hydrogens (primary N) is 1. The smallest absolute Gasteiger partial charge is 0.393 e. The third-order valence-corrected chi connectivity index (χ3v) is 5.88. The number of benzene rings is 1. The van der Waals surface area contributed by atoms with E-state index in [-0.39, 0.29) is 24.6 Å². The Hall–Kier alpha value is -2.96. The summed E-state index contributed by atoms with van der Waals surface area (Å²) in [5.41, 5.74) is 6.17. The van der Waals surface area contributed by atoms with E-state index in [4.69, 9.17) is 11.1 Å². The number of likely N-dealkylation sites (tertiary alicyclic amines) is 1. The minimum atomic E-state index is -3.85. The highest BCUT2D eigenvalue weighted by Crippen LogP contribution is 2.21. The SMILES string of the molecule is CC(=O)N[C@H](Cc1ccccc1)C(=O)N1CCC[C@H]1C(=O)N[C@@H](CCCCC(=N)N)[B-](O)(O)O. The van der Waals surface area contributed by atoms with Crippen molar-refractivity contribution in [3.05, 3.63) is 35.9 Å². The first-order chi connectivity index (χ1) is 16.0. The number of nitrogens with one attached hydrogen (secondary N) is 3. The Morgan fingerprint density at radius 1 is 1.18 bits per heavy atom. The van der Waals surface area contributed by atoms with Crippen molar-refractivity contribution in [1.82, 2.24) is 15.5 Å². The van der Waals surface area contributed by atoms with Crippen molar-refractivity contribution in [3.8, 4) is 0 Å². The molecule has 0 unspecified atom stereocenters. The summed E-state index contributed by atoms with van der Waals surface area (Å²) in [5, 5.41) is 41.7. The van der Waals surface area contributed by atoms with E-state index in [1.807, 2.05) is 30.3 Å². The molecule has 1 aliphatic heterocycles. The highest BCUT2D eigenvalue weighted by molar-refractivity contribution is 6.58. The second-order valence-corrected chi connectivity index (χ2v) is 8.81. The van der Waals surface area contributed by atoms with Gasteiger partial charge in [0.05, 0.1) is 5.84 Å². The van der Waals surface area contributed by atoms with Gasteiger partial charge in [-0.2, -0.15) is 0 Å². The zero-order chi connectivity index (χ0) is 25.3. The van der Waals surface area contributed by atoms with E-state index in [0.717, 1.165) is 5.56 Å². The number of hydrogen-bond acceptors (Lipinski definition) is 7. The molecule has 0 radical (unpaired) electrons. The Morgan fingerprint density at radius 3 is 2.44 bits per heavy atom. The highest BCUT2D eigenvalue weighted by Gasteiger charge is 2.39. The van der Waals surface area contributed by atoms with Crippen molar-refractivity contribution < 1.29 is 29.5 Å². The number of unbranched alkanes of at least 4 members (excludes halogenated alkanes) is 1. The fraction of sp³-hybridized carbons (Fsp3) is 0.545. The van der Waals surface area contributed by atoms with Gasteiger partial charge in [-0.25, -0.2) is 0 Å². The van der Waals surface area contributed by atoms with Gasteiger partial charge in [-0.05, 0) is 30.8 Å². The molecule has 3 atom stereocenters. The van der Waals surface area contributed by atoms with Crippen molar-refractivity contribution in [1.29, 1.82) is 5.41 Å². The molecule has 1 aromatic rings. The molecule has 1 aliphatic rings.